The lowest BCUT2D eigenvalue weighted by atomic mass is 9.74. The van der Waals surface area contributed by atoms with Crippen molar-refractivity contribution in [3.63, 3.8) is 0 Å². The first-order chi connectivity index (χ1) is 9.30. The number of hydrogen-bond donors (Lipinski definition) is 0. The van der Waals surface area contributed by atoms with E-state index in [0.717, 1.165) is 25.8 Å². The molecular weight excluding hydrogens is 253 g/mol. The molecule has 1 amide bonds. The third kappa shape index (κ3) is 2.42. The van der Waals surface area contributed by atoms with Gasteiger partial charge in [-0.1, -0.05) is 6.08 Å². The summed E-state index contributed by atoms with van der Waals surface area (Å²) in [6.07, 6.45) is 5.12. The molecule has 0 unspecified atom stereocenters. The molecule has 0 bridgehead atoms. The molecule has 20 heavy (non-hydrogen) atoms. The average molecular weight is 277 g/mol. The van der Waals surface area contributed by atoms with Crippen LogP contribution in [0.4, 0.5) is 0 Å². The highest BCUT2D eigenvalue weighted by Crippen LogP contribution is 2.39. The highest BCUT2D eigenvalue weighted by Gasteiger charge is 2.52. The van der Waals surface area contributed by atoms with Crippen LogP contribution >= 0.6 is 0 Å². The number of nitrogens with zero attached hydrogens (tertiary/aromatic N) is 1. The molecule has 0 N–H and O–H groups in total. The molecule has 2 heterocycles. The summed E-state index contributed by atoms with van der Waals surface area (Å²) in [6.45, 7) is 9.78. The van der Waals surface area contributed by atoms with Gasteiger partial charge in [-0.15, -0.1) is 0 Å². The van der Waals surface area contributed by atoms with E-state index in [1.807, 2.05) is 4.90 Å². The van der Waals surface area contributed by atoms with Crippen LogP contribution in [0.2, 0.25) is 0 Å². The van der Waals surface area contributed by atoms with E-state index in [0.29, 0.717) is 18.4 Å². The van der Waals surface area contributed by atoms with Gasteiger partial charge in [-0.05, 0) is 52.4 Å². The van der Waals surface area contributed by atoms with E-state index in [1.165, 1.54) is 5.47 Å². The molecule has 2 aliphatic heterocycles. The molecule has 4 nitrogen and oxygen atoms in total. The van der Waals surface area contributed by atoms with Crippen molar-refractivity contribution in [2.24, 2.45) is 5.92 Å². The molecule has 0 aromatic rings. The van der Waals surface area contributed by atoms with E-state index in [9.17, 15) is 4.79 Å². The van der Waals surface area contributed by atoms with Crippen molar-refractivity contribution in [3.8, 4) is 0 Å². The summed E-state index contributed by atoms with van der Waals surface area (Å²) in [4.78, 5) is 14.0. The predicted molar refractivity (Wildman–Crippen MR) is 78.1 cm³/mol. The van der Waals surface area contributed by atoms with Crippen LogP contribution in [0.15, 0.2) is 11.5 Å². The van der Waals surface area contributed by atoms with E-state index >= 15 is 0 Å². The second-order valence-electron chi connectivity index (χ2n) is 7.18. The number of hydrogen-bond acceptors (Lipinski definition) is 3. The van der Waals surface area contributed by atoms with Gasteiger partial charge in [-0.25, -0.2) is 0 Å². The van der Waals surface area contributed by atoms with Gasteiger partial charge in [0.05, 0.1) is 11.2 Å². The molecule has 110 valence electrons. The highest BCUT2D eigenvalue weighted by atomic mass is 16.7. The second kappa shape index (κ2) is 4.60. The molecular formula is C15H24BNO3. The molecule has 0 aromatic carbocycles. The Morgan fingerprint density at radius 1 is 1.25 bits per heavy atom. The number of amides is 1. The smallest absolute Gasteiger partial charge is 0.400 e. The predicted octanol–water partition coefficient (Wildman–Crippen LogP) is 2.19. The second-order valence-corrected chi connectivity index (χ2v) is 7.18. The Kier molecular flexibility index (Phi) is 3.25. The zero-order valence-corrected chi connectivity index (χ0v) is 12.9. The number of carbonyl (C=O) groups excluding carboxylic acids is 1. The van der Waals surface area contributed by atoms with E-state index in [4.69, 9.17) is 9.31 Å². The van der Waals surface area contributed by atoms with Crippen LogP contribution in [0.5, 0.6) is 0 Å². The standard InChI is InChI=1S/C15H24BNO3/c1-14(2)15(3,4)20-16(19-14)12-7-9-17(10-8-12)13(18)11-5-6-11/h7,11H,5-6,8-10H2,1-4H3. The van der Waals surface area contributed by atoms with Crippen molar-refractivity contribution in [1.29, 1.82) is 0 Å². The molecule has 1 saturated carbocycles. The van der Waals surface area contributed by atoms with Crippen LogP contribution in [0, 0.1) is 5.92 Å². The minimum atomic E-state index is -0.292. The van der Waals surface area contributed by atoms with E-state index in [2.05, 4.69) is 33.8 Å². The molecule has 0 radical (unpaired) electrons. The first-order valence-electron chi connectivity index (χ1n) is 7.63. The van der Waals surface area contributed by atoms with Gasteiger partial charge >= 0.3 is 7.12 Å². The zero-order valence-electron chi connectivity index (χ0n) is 12.9. The van der Waals surface area contributed by atoms with Gasteiger partial charge < -0.3 is 14.2 Å². The molecule has 1 saturated heterocycles. The summed E-state index contributed by atoms with van der Waals surface area (Å²) < 4.78 is 12.1. The van der Waals surface area contributed by atoms with Crippen LogP contribution in [0.1, 0.15) is 47.0 Å². The maximum absolute atomic E-state index is 12.0. The topological polar surface area (TPSA) is 38.8 Å². The number of carbonyl (C=O) groups is 1. The normalized spacial score (nSPS) is 28.5. The first kappa shape index (κ1) is 14.1. The fraction of sp³-hybridized carbons (Fsp3) is 0.800. The van der Waals surface area contributed by atoms with Crippen molar-refractivity contribution < 1.29 is 14.1 Å². The molecule has 5 heteroatoms. The van der Waals surface area contributed by atoms with Gasteiger partial charge in [0.2, 0.25) is 5.91 Å². The van der Waals surface area contributed by atoms with Crippen LogP contribution in [0.3, 0.4) is 0 Å². The third-order valence-electron chi connectivity index (χ3n) is 5.04. The molecule has 0 atom stereocenters. The quantitative estimate of drug-likeness (QED) is 0.726. The Balaban J connectivity index is 1.64. The Bertz CT molecular complexity index is 438. The SMILES string of the molecule is CC1(C)OB(C2=CCN(C(=O)C3CC3)CC2)OC1(C)C. The fourth-order valence-corrected chi connectivity index (χ4v) is 2.68. The zero-order chi connectivity index (χ0) is 14.5. The van der Waals surface area contributed by atoms with Crippen LogP contribution in [-0.2, 0) is 14.1 Å². The van der Waals surface area contributed by atoms with Crippen molar-refractivity contribution in [2.75, 3.05) is 13.1 Å². The fourth-order valence-electron chi connectivity index (χ4n) is 2.68. The summed E-state index contributed by atoms with van der Waals surface area (Å²) in [6, 6.07) is 0. The van der Waals surface area contributed by atoms with Gasteiger partial charge in [-0.3, -0.25) is 4.79 Å². The lowest BCUT2D eigenvalue weighted by Crippen LogP contribution is -2.41. The Morgan fingerprint density at radius 3 is 2.30 bits per heavy atom. The van der Waals surface area contributed by atoms with Crippen molar-refractivity contribution in [3.05, 3.63) is 11.5 Å². The molecule has 0 aromatic heterocycles. The first-order valence-corrected chi connectivity index (χ1v) is 7.63. The van der Waals surface area contributed by atoms with Gasteiger partial charge in [0.15, 0.2) is 0 Å². The lowest BCUT2D eigenvalue weighted by molar-refractivity contribution is -0.132. The molecule has 3 rings (SSSR count). The van der Waals surface area contributed by atoms with Crippen LogP contribution < -0.4 is 0 Å². The van der Waals surface area contributed by atoms with Crippen molar-refractivity contribution in [2.45, 2.75) is 58.2 Å². The summed E-state index contributed by atoms with van der Waals surface area (Å²) in [7, 11) is -0.252. The molecule has 2 fully saturated rings. The maximum Gasteiger partial charge on any atom is 0.490 e. The summed E-state index contributed by atoms with van der Waals surface area (Å²) in [5.74, 6) is 0.635. The monoisotopic (exact) mass is 277 g/mol. The summed E-state index contributed by atoms with van der Waals surface area (Å²) in [5.41, 5.74) is 0.599. The Labute approximate surface area is 121 Å². The summed E-state index contributed by atoms with van der Waals surface area (Å²) >= 11 is 0. The maximum atomic E-state index is 12.0. The minimum absolute atomic E-state index is 0.252. The highest BCUT2D eigenvalue weighted by molar-refractivity contribution is 6.54. The number of rotatable bonds is 2. The van der Waals surface area contributed by atoms with Crippen LogP contribution in [0.25, 0.3) is 0 Å². The molecule has 1 aliphatic carbocycles. The van der Waals surface area contributed by atoms with Gasteiger partial charge in [0.25, 0.3) is 0 Å². The largest absolute Gasteiger partial charge is 0.490 e. The lowest BCUT2D eigenvalue weighted by Gasteiger charge is -2.32. The minimum Gasteiger partial charge on any atom is -0.400 e. The van der Waals surface area contributed by atoms with Crippen molar-refractivity contribution in [1.82, 2.24) is 4.90 Å². The third-order valence-corrected chi connectivity index (χ3v) is 5.04. The van der Waals surface area contributed by atoms with E-state index < -0.39 is 0 Å². The van der Waals surface area contributed by atoms with E-state index in [-0.39, 0.29) is 18.3 Å². The summed E-state index contributed by atoms with van der Waals surface area (Å²) in [5, 5.41) is 0. The molecule has 3 aliphatic rings. The van der Waals surface area contributed by atoms with Gasteiger partial charge in [0, 0.05) is 19.0 Å². The molecule has 0 spiro atoms. The van der Waals surface area contributed by atoms with E-state index in [1.54, 1.807) is 0 Å². The van der Waals surface area contributed by atoms with Crippen LogP contribution in [-0.4, -0.2) is 42.2 Å². The van der Waals surface area contributed by atoms with Crippen molar-refractivity contribution >= 4 is 13.0 Å². The van der Waals surface area contributed by atoms with Gasteiger partial charge in [0.1, 0.15) is 0 Å². The van der Waals surface area contributed by atoms with Gasteiger partial charge in [-0.2, -0.15) is 0 Å². The average Bonchev–Trinajstić information content (AvgIpc) is 3.17. The Morgan fingerprint density at radius 2 is 1.85 bits per heavy atom. The Hall–Kier alpha value is -0.805.